The summed E-state index contributed by atoms with van der Waals surface area (Å²) in [6, 6.07) is -1.15. The van der Waals surface area contributed by atoms with Crippen LogP contribution in [0, 0.1) is 29.6 Å². The molecule has 14 atom stereocenters. The highest BCUT2D eigenvalue weighted by Crippen LogP contribution is 2.39. The SMILES string of the molecule is CC[C@@H]1/C=C(\C)C[C@H](C)C[C@H](OC)[C@H](O)[C@H]2C[C@@H](C)C(O)(O2)C(=O)C(=O)N2CCCCC2C(=O)O[C@H](/C(C)=C/C2CC[C@@H](O)[C@H](OC)C2)[C@H](C)[C@@H](O)CC1=O. The highest BCUT2D eigenvalue weighted by atomic mass is 16.7. The van der Waals surface area contributed by atoms with Gasteiger partial charge in [0.15, 0.2) is 0 Å². The predicted octanol–water partition coefficient (Wildman–Crippen LogP) is 3.82. The molecule has 2 bridgehead atoms. The molecular formula is C42H67NO12. The summed E-state index contributed by atoms with van der Waals surface area (Å²) in [5.74, 6) is -7.73. The van der Waals surface area contributed by atoms with Crippen molar-refractivity contribution >= 4 is 23.4 Å². The minimum absolute atomic E-state index is 0.00613. The first-order valence-electron chi connectivity index (χ1n) is 20.4. The molecule has 0 radical (unpaired) electrons. The van der Waals surface area contributed by atoms with Crippen molar-refractivity contribution in [3.63, 3.8) is 0 Å². The van der Waals surface area contributed by atoms with Gasteiger partial charge in [0.25, 0.3) is 11.7 Å². The molecule has 13 nitrogen and oxygen atoms in total. The Bertz CT molecular complexity index is 1410. The number of aliphatic hydroxyl groups is 4. The van der Waals surface area contributed by atoms with E-state index in [1.165, 1.54) is 7.11 Å². The minimum Gasteiger partial charge on any atom is -0.456 e. The summed E-state index contributed by atoms with van der Waals surface area (Å²) in [7, 11) is 3.03. The van der Waals surface area contributed by atoms with Crippen molar-refractivity contribution in [1.29, 1.82) is 0 Å². The van der Waals surface area contributed by atoms with Crippen molar-refractivity contribution < 1.29 is 58.6 Å². The van der Waals surface area contributed by atoms with Crippen LogP contribution < -0.4 is 0 Å². The molecule has 2 saturated heterocycles. The first kappa shape index (κ1) is 45.2. The van der Waals surface area contributed by atoms with Crippen LogP contribution in [0.3, 0.4) is 0 Å². The van der Waals surface area contributed by atoms with Crippen molar-refractivity contribution in [3.8, 4) is 0 Å². The van der Waals surface area contributed by atoms with E-state index in [1.54, 1.807) is 21.0 Å². The van der Waals surface area contributed by atoms with Gasteiger partial charge in [-0.1, -0.05) is 45.4 Å². The lowest BCUT2D eigenvalue weighted by Gasteiger charge is -2.38. The van der Waals surface area contributed by atoms with E-state index in [4.69, 9.17) is 18.9 Å². The standard InChI is InChI=1S/C42H67NO12/c1-9-29-17-23(2)16-24(3)18-35(53-8)37(47)36-20-26(5)42(51,55-36)39(48)40(49)43-15-11-10-12-30(43)41(50)54-38(27(6)32(45)22-33(29)46)25(4)19-28-13-14-31(44)34(21-28)52-7/h17,19,24,26-32,34-38,44-45,47,51H,9-16,18,20-22H2,1-8H3/b23-17+,25-19+/t24-,26+,27+,28?,29+,30?,31+,32-,34+,35-,36+,37-,38+,42?/m0/s1. The Kier molecular flexibility index (Phi) is 16.2. The number of hydrogen-bond acceptors (Lipinski definition) is 12. The minimum atomic E-state index is -2.52. The van der Waals surface area contributed by atoms with Crippen molar-refractivity contribution in [2.45, 2.75) is 167 Å². The number of fused-ring (bicyclic) bond motifs is 3. The second kappa shape index (κ2) is 19.8. The maximum absolute atomic E-state index is 14.2. The molecule has 4 aliphatic rings. The number of rotatable bonds is 5. The molecule has 1 aliphatic carbocycles. The second-order valence-electron chi connectivity index (χ2n) is 16.9. The van der Waals surface area contributed by atoms with E-state index in [0.717, 1.165) is 10.5 Å². The number of Topliss-reactive ketones (excluding diaryl/α,β-unsaturated/α-hetero) is 2. The number of methoxy groups -OCH3 is 2. The Morgan fingerprint density at radius 3 is 2.29 bits per heavy atom. The van der Waals surface area contributed by atoms with E-state index in [-0.39, 0.29) is 49.5 Å². The number of allylic oxidation sites excluding steroid dienone is 3. The van der Waals surface area contributed by atoms with Crippen molar-refractivity contribution in [3.05, 3.63) is 23.3 Å². The molecular weight excluding hydrogens is 710 g/mol. The molecule has 312 valence electrons. The summed E-state index contributed by atoms with van der Waals surface area (Å²) in [6.45, 7) is 11.1. The van der Waals surface area contributed by atoms with Gasteiger partial charge in [-0.05, 0) is 95.5 Å². The fourth-order valence-electron chi connectivity index (χ4n) is 9.17. The van der Waals surface area contributed by atoms with Gasteiger partial charge in [-0.3, -0.25) is 14.4 Å². The van der Waals surface area contributed by atoms with Crippen LogP contribution in [0.15, 0.2) is 23.3 Å². The van der Waals surface area contributed by atoms with Crippen LogP contribution in [-0.4, -0.2) is 124 Å². The van der Waals surface area contributed by atoms with E-state index < -0.39 is 83.9 Å². The van der Waals surface area contributed by atoms with Crippen LogP contribution in [0.5, 0.6) is 0 Å². The third-order valence-electron chi connectivity index (χ3n) is 12.6. The maximum atomic E-state index is 14.2. The zero-order valence-electron chi connectivity index (χ0n) is 34.1. The van der Waals surface area contributed by atoms with Crippen LogP contribution in [0.25, 0.3) is 0 Å². The van der Waals surface area contributed by atoms with Gasteiger partial charge in [-0.2, -0.15) is 0 Å². The normalized spacial score (nSPS) is 42.1. The van der Waals surface area contributed by atoms with Gasteiger partial charge in [0.05, 0.1) is 30.5 Å². The molecule has 4 N–H and O–H groups in total. The number of hydrogen-bond donors (Lipinski definition) is 4. The number of aliphatic hydroxyl groups excluding tert-OH is 3. The molecule has 4 rings (SSSR count). The smallest absolute Gasteiger partial charge is 0.329 e. The average molecular weight is 778 g/mol. The number of carbonyl (C=O) groups is 4. The highest BCUT2D eigenvalue weighted by Gasteiger charge is 2.57. The third-order valence-corrected chi connectivity index (χ3v) is 12.6. The number of amides is 1. The summed E-state index contributed by atoms with van der Waals surface area (Å²) in [4.78, 5) is 56.9. The number of ether oxygens (including phenoxy) is 4. The summed E-state index contributed by atoms with van der Waals surface area (Å²) in [5.41, 5.74) is 1.63. The number of carbonyl (C=O) groups excluding carboxylic acids is 4. The van der Waals surface area contributed by atoms with Gasteiger partial charge in [0.2, 0.25) is 5.79 Å². The van der Waals surface area contributed by atoms with E-state index in [1.807, 2.05) is 39.8 Å². The first-order valence-corrected chi connectivity index (χ1v) is 20.4. The number of ketones is 2. The molecule has 0 spiro atoms. The van der Waals surface area contributed by atoms with Gasteiger partial charge >= 0.3 is 5.97 Å². The molecule has 1 amide bonds. The third kappa shape index (κ3) is 10.7. The van der Waals surface area contributed by atoms with Crippen LogP contribution >= 0.6 is 0 Å². The van der Waals surface area contributed by atoms with Gasteiger partial charge in [0.1, 0.15) is 24.0 Å². The monoisotopic (exact) mass is 777 g/mol. The lowest BCUT2D eigenvalue weighted by molar-refractivity contribution is -0.225. The quantitative estimate of drug-likeness (QED) is 0.180. The molecule has 3 fully saturated rings. The largest absolute Gasteiger partial charge is 0.456 e. The molecule has 0 aromatic heterocycles. The topological polar surface area (TPSA) is 189 Å². The molecule has 3 aliphatic heterocycles. The zero-order chi connectivity index (χ0) is 40.8. The lowest BCUT2D eigenvalue weighted by Crippen LogP contribution is -2.57. The van der Waals surface area contributed by atoms with Crippen LogP contribution in [0.2, 0.25) is 0 Å². The number of cyclic esters (lactones) is 1. The Labute approximate surface area is 326 Å². The Morgan fingerprint density at radius 2 is 1.64 bits per heavy atom. The molecule has 3 unspecified atom stereocenters. The Morgan fingerprint density at radius 1 is 0.945 bits per heavy atom. The fourth-order valence-corrected chi connectivity index (χ4v) is 9.17. The van der Waals surface area contributed by atoms with Crippen molar-refractivity contribution in [2.75, 3.05) is 20.8 Å². The second-order valence-corrected chi connectivity index (χ2v) is 16.9. The Balaban J connectivity index is 1.73. The molecule has 55 heavy (non-hydrogen) atoms. The van der Waals surface area contributed by atoms with Crippen LogP contribution in [-0.2, 0) is 38.1 Å². The highest BCUT2D eigenvalue weighted by molar-refractivity contribution is 6.39. The molecule has 3 heterocycles. The maximum Gasteiger partial charge on any atom is 0.329 e. The lowest BCUT2D eigenvalue weighted by atomic mass is 9.81. The summed E-state index contributed by atoms with van der Waals surface area (Å²) in [6.07, 6.45) is 2.46. The molecule has 13 heteroatoms. The summed E-state index contributed by atoms with van der Waals surface area (Å²) >= 11 is 0. The molecule has 0 aromatic carbocycles. The van der Waals surface area contributed by atoms with Crippen molar-refractivity contribution in [1.82, 2.24) is 4.90 Å². The van der Waals surface area contributed by atoms with Crippen LogP contribution in [0.1, 0.15) is 112 Å². The zero-order valence-corrected chi connectivity index (χ0v) is 34.1. The van der Waals surface area contributed by atoms with E-state index >= 15 is 0 Å². The van der Waals surface area contributed by atoms with E-state index in [2.05, 4.69) is 0 Å². The van der Waals surface area contributed by atoms with Gasteiger partial charge in [-0.15, -0.1) is 0 Å². The van der Waals surface area contributed by atoms with Gasteiger partial charge in [-0.25, -0.2) is 4.79 Å². The van der Waals surface area contributed by atoms with Gasteiger partial charge in [0, 0.05) is 44.9 Å². The number of nitrogens with zero attached hydrogens (tertiary/aromatic N) is 1. The fraction of sp³-hybridized carbons (Fsp3) is 0.810. The van der Waals surface area contributed by atoms with Gasteiger partial charge < -0.3 is 44.3 Å². The number of esters is 1. The molecule has 1 saturated carbocycles. The predicted molar refractivity (Wildman–Crippen MR) is 203 cm³/mol. The first-order chi connectivity index (χ1) is 25.9. The van der Waals surface area contributed by atoms with Crippen molar-refractivity contribution in [2.24, 2.45) is 29.6 Å². The summed E-state index contributed by atoms with van der Waals surface area (Å²) in [5, 5.41) is 45.1. The average Bonchev–Trinajstić information content (AvgIpc) is 3.47. The van der Waals surface area contributed by atoms with Crippen LogP contribution in [0.4, 0.5) is 0 Å². The Hall–Kier alpha value is -2.52. The summed E-state index contributed by atoms with van der Waals surface area (Å²) < 4.78 is 23.3. The molecule has 0 aromatic rings. The van der Waals surface area contributed by atoms with E-state index in [9.17, 15) is 39.6 Å². The van der Waals surface area contributed by atoms with E-state index in [0.29, 0.717) is 56.9 Å². The number of piperidine rings is 1.